The summed E-state index contributed by atoms with van der Waals surface area (Å²) >= 11 is 0.501. The average molecular weight is 374 g/mol. The highest BCUT2D eigenvalue weighted by molar-refractivity contribution is 7.15. The van der Waals surface area contributed by atoms with E-state index >= 15 is 0 Å². The third kappa shape index (κ3) is 3.78. The van der Waals surface area contributed by atoms with E-state index in [1.807, 2.05) is 0 Å². The number of hydrogen-bond donors (Lipinski definition) is 1. The van der Waals surface area contributed by atoms with Crippen LogP contribution in [0.2, 0.25) is 0 Å². The van der Waals surface area contributed by atoms with Gasteiger partial charge in [0, 0.05) is 32.4 Å². The maximum atomic E-state index is 12.7. The molecule has 25 heavy (non-hydrogen) atoms. The van der Waals surface area contributed by atoms with E-state index in [1.165, 1.54) is 12.5 Å². The van der Waals surface area contributed by atoms with Gasteiger partial charge in [0.1, 0.15) is 17.7 Å². The first kappa shape index (κ1) is 17.3. The molecule has 1 N–H and O–H groups in total. The second-order valence-corrected chi connectivity index (χ2v) is 6.24. The molecule has 0 unspecified atom stereocenters. The number of halogens is 3. The molecule has 3 rings (SSSR count). The minimum atomic E-state index is -4.51. The second-order valence-electron chi connectivity index (χ2n) is 5.28. The van der Waals surface area contributed by atoms with E-state index in [4.69, 9.17) is 0 Å². The lowest BCUT2D eigenvalue weighted by atomic mass is 10.2. The number of carbonyl (C=O) groups is 1. The number of anilines is 2. The van der Waals surface area contributed by atoms with Gasteiger partial charge in [0.25, 0.3) is 0 Å². The molecule has 2 aromatic heterocycles. The Bertz CT molecular complexity index is 768. The summed E-state index contributed by atoms with van der Waals surface area (Å²) < 4.78 is 38.0. The summed E-state index contributed by atoms with van der Waals surface area (Å²) in [6.07, 6.45) is -1.40. The van der Waals surface area contributed by atoms with E-state index < -0.39 is 17.2 Å². The van der Waals surface area contributed by atoms with Crippen LogP contribution in [-0.4, -0.2) is 57.4 Å². The van der Waals surface area contributed by atoms with E-state index in [0.717, 1.165) is 0 Å². The van der Waals surface area contributed by atoms with Gasteiger partial charge in [-0.3, -0.25) is 0 Å². The monoisotopic (exact) mass is 374 g/mol. The predicted octanol–water partition coefficient (Wildman–Crippen LogP) is 1.76. The number of aromatic nitrogens is 4. The fourth-order valence-electron chi connectivity index (χ4n) is 2.50. The molecule has 12 heteroatoms. The zero-order valence-corrected chi connectivity index (χ0v) is 13.6. The minimum absolute atomic E-state index is 0.00813. The molecule has 0 radical (unpaired) electrons. The molecular formula is C13H13F3N6O2S. The highest BCUT2D eigenvalue weighted by atomic mass is 32.1. The summed E-state index contributed by atoms with van der Waals surface area (Å²) in [4.78, 5) is 22.6. The highest BCUT2D eigenvalue weighted by Gasteiger charge is 2.36. The minimum Gasteiger partial charge on any atom is -0.477 e. The van der Waals surface area contributed by atoms with Crippen molar-refractivity contribution in [3.05, 3.63) is 23.1 Å². The van der Waals surface area contributed by atoms with Crippen molar-refractivity contribution in [1.29, 1.82) is 0 Å². The molecule has 1 aliphatic heterocycles. The van der Waals surface area contributed by atoms with Crippen molar-refractivity contribution in [2.75, 3.05) is 36.0 Å². The zero-order valence-electron chi connectivity index (χ0n) is 12.8. The van der Waals surface area contributed by atoms with Gasteiger partial charge < -0.3 is 14.9 Å². The molecule has 1 fully saturated rings. The Morgan fingerprint density at radius 2 is 1.88 bits per heavy atom. The number of alkyl halides is 3. The predicted molar refractivity (Wildman–Crippen MR) is 82.9 cm³/mol. The number of carboxylic acids is 1. The third-order valence-corrected chi connectivity index (χ3v) is 4.67. The average Bonchev–Trinajstić information content (AvgIpc) is 2.94. The topological polar surface area (TPSA) is 95.3 Å². The van der Waals surface area contributed by atoms with Gasteiger partial charge in [0.15, 0.2) is 0 Å². The summed E-state index contributed by atoms with van der Waals surface area (Å²) in [5, 5.41) is 15.3. The number of carboxylic acid groups (broad SMARTS) is 1. The highest BCUT2D eigenvalue weighted by Crippen LogP contribution is 2.34. The van der Waals surface area contributed by atoms with Crippen molar-refractivity contribution >= 4 is 28.3 Å². The summed E-state index contributed by atoms with van der Waals surface area (Å²) in [6, 6.07) is 0. The maximum absolute atomic E-state index is 12.7. The smallest absolute Gasteiger partial charge is 0.445 e. The van der Waals surface area contributed by atoms with Gasteiger partial charge in [0.2, 0.25) is 10.1 Å². The Labute approximate surface area is 143 Å². The molecular weight excluding hydrogens is 361 g/mol. The molecule has 0 spiro atoms. The van der Waals surface area contributed by atoms with Crippen LogP contribution in [0.1, 0.15) is 21.8 Å². The van der Waals surface area contributed by atoms with Crippen molar-refractivity contribution in [3.8, 4) is 0 Å². The maximum Gasteiger partial charge on any atom is 0.445 e. The lowest BCUT2D eigenvalue weighted by molar-refractivity contribution is -0.138. The summed E-state index contributed by atoms with van der Waals surface area (Å²) in [6.45, 7) is 1.81. The second kappa shape index (κ2) is 6.78. The third-order valence-electron chi connectivity index (χ3n) is 3.64. The molecule has 0 bridgehead atoms. The van der Waals surface area contributed by atoms with E-state index in [2.05, 4.69) is 20.2 Å². The van der Waals surface area contributed by atoms with Gasteiger partial charge in [0.05, 0.1) is 0 Å². The Hall–Kier alpha value is -2.50. The summed E-state index contributed by atoms with van der Waals surface area (Å²) in [7, 11) is 0. The van der Waals surface area contributed by atoms with Crippen molar-refractivity contribution < 1.29 is 23.1 Å². The van der Waals surface area contributed by atoms with Gasteiger partial charge in [-0.15, -0.1) is 10.2 Å². The zero-order chi connectivity index (χ0) is 18.0. The molecule has 3 heterocycles. The fourth-order valence-corrected chi connectivity index (χ4v) is 3.27. The van der Waals surface area contributed by atoms with Gasteiger partial charge in [-0.25, -0.2) is 14.8 Å². The SMILES string of the molecule is O=C(O)c1cncnc1N1CCCN(c2nnc(C(F)(F)F)s2)CC1. The van der Waals surface area contributed by atoms with Crippen molar-refractivity contribution in [2.45, 2.75) is 12.6 Å². The lowest BCUT2D eigenvalue weighted by Crippen LogP contribution is -2.32. The molecule has 0 aromatic carbocycles. The number of rotatable bonds is 3. The van der Waals surface area contributed by atoms with Crippen LogP contribution in [0, 0.1) is 0 Å². The largest absolute Gasteiger partial charge is 0.477 e. The van der Waals surface area contributed by atoms with E-state index in [9.17, 15) is 23.1 Å². The summed E-state index contributed by atoms with van der Waals surface area (Å²) in [5.74, 6) is -0.826. The molecule has 8 nitrogen and oxygen atoms in total. The van der Waals surface area contributed by atoms with Crippen molar-refractivity contribution in [2.24, 2.45) is 0 Å². The number of hydrogen-bond acceptors (Lipinski definition) is 8. The quantitative estimate of drug-likeness (QED) is 0.868. The molecule has 0 amide bonds. The van der Waals surface area contributed by atoms with Crippen molar-refractivity contribution in [3.63, 3.8) is 0 Å². The van der Waals surface area contributed by atoms with Crippen LogP contribution in [0.5, 0.6) is 0 Å². The molecule has 0 aliphatic carbocycles. The molecule has 1 aliphatic rings. The van der Waals surface area contributed by atoms with Crippen LogP contribution >= 0.6 is 11.3 Å². The van der Waals surface area contributed by atoms with Gasteiger partial charge in [-0.2, -0.15) is 13.2 Å². The molecule has 134 valence electrons. The van der Waals surface area contributed by atoms with E-state index in [0.29, 0.717) is 49.8 Å². The van der Waals surface area contributed by atoms with Crippen molar-refractivity contribution in [1.82, 2.24) is 20.2 Å². The molecule has 0 saturated carbocycles. The molecule has 2 aromatic rings. The van der Waals surface area contributed by atoms with Crippen LogP contribution in [0.25, 0.3) is 0 Å². The Kier molecular flexibility index (Phi) is 4.70. The standard InChI is InChI=1S/C13H13F3N6O2S/c14-13(15,16)11-19-20-12(25-11)22-3-1-2-21(4-5-22)9-8(10(23)24)6-17-7-18-9/h6-7H,1-5H2,(H,23,24). The Balaban J connectivity index is 1.75. The Morgan fingerprint density at radius 3 is 2.56 bits per heavy atom. The van der Waals surface area contributed by atoms with Crippen LogP contribution in [0.3, 0.4) is 0 Å². The first-order valence-electron chi connectivity index (χ1n) is 7.30. The number of nitrogens with zero attached hydrogens (tertiary/aromatic N) is 6. The fraction of sp³-hybridized carbons (Fsp3) is 0.462. The Morgan fingerprint density at radius 1 is 1.16 bits per heavy atom. The van der Waals surface area contributed by atoms with E-state index in [-0.39, 0.29) is 10.7 Å². The number of aromatic carboxylic acids is 1. The van der Waals surface area contributed by atoms with Crippen LogP contribution in [0.15, 0.2) is 12.5 Å². The van der Waals surface area contributed by atoms with Crippen LogP contribution in [0.4, 0.5) is 24.1 Å². The van der Waals surface area contributed by atoms with Crippen LogP contribution in [-0.2, 0) is 6.18 Å². The first-order chi connectivity index (χ1) is 11.9. The van der Waals surface area contributed by atoms with Crippen LogP contribution < -0.4 is 9.80 Å². The van der Waals surface area contributed by atoms with Gasteiger partial charge in [-0.1, -0.05) is 11.3 Å². The first-order valence-corrected chi connectivity index (χ1v) is 8.12. The lowest BCUT2D eigenvalue weighted by Gasteiger charge is -2.23. The van der Waals surface area contributed by atoms with Gasteiger partial charge in [-0.05, 0) is 6.42 Å². The molecule has 1 saturated heterocycles. The van der Waals surface area contributed by atoms with Gasteiger partial charge >= 0.3 is 12.1 Å². The van der Waals surface area contributed by atoms with E-state index in [1.54, 1.807) is 9.80 Å². The summed E-state index contributed by atoms with van der Waals surface area (Å²) in [5.41, 5.74) is -0.00813. The molecule has 0 atom stereocenters. The normalized spacial score (nSPS) is 16.0.